The fourth-order valence-corrected chi connectivity index (χ4v) is 1.24. The molecule has 1 atom stereocenters. The summed E-state index contributed by atoms with van der Waals surface area (Å²) in [6.07, 6.45) is 3.99. The van der Waals surface area contributed by atoms with Crippen molar-refractivity contribution in [1.29, 1.82) is 0 Å². The Hall–Kier alpha value is -0.600. The minimum Gasteiger partial charge on any atom is -0.387 e. The average Bonchev–Trinajstić information content (AvgIpc) is 2.15. The molecule has 1 heterocycles. The summed E-state index contributed by atoms with van der Waals surface area (Å²) >= 11 is 5.68. The van der Waals surface area contributed by atoms with E-state index in [9.17, 15) is 5.11 Å². The molecule has 72 valence electrons. The average molecular weight is 200 g/mol. The number of hydrogen-bond donors (Lipinski definition) is 1. The molecule has 1 aromatic heterocycles. The van der Waals surface area contributed by atoms with Crippen LogP contribution < -0.4 is 0 Å². The van der Waals surface area contributed by atoms with Gasteiger partial charge in [0.2, 0.25) is 0 Å². The minimum atomic E-state index is -0.447. The lowest BCUT2D eigenvalue weighted by atomic mass is 10.1. The summed E-state index contributed by atoms with van der Waals surface area (Å²) in [5, 5.41) is 10.2. The van der Waals surface area contributed by atoms with Crippen molar-refractivity contribution in [3.63, 3.8) is 0 Å². The Balaban J connectivity index is 2.55. The molecule has 0 aliphatic heterocycles. The maximum Gasteiger partial charge on any atom is 0.0959 e. The molecular weight excluding hydrogens is 186 g/mol. The van der Waals surface area contributed by atoms with Gasteiger partial charge < -0.3 is 5.11 Å². The molecule has 1 N–H and O–H groups in total. The Morgan fingerprint density at radius 1 is 1.54 bits per heavy atom. The molecular formula is C10H14ClNO. The fraction of sp³-hybridized carbons (Fsp3) is 0.500. The molecule has 0 fully saturated rings. The molecule has 1 aromatic rings. The number of aromatic nitrogens is 1. The molecule has 0 saturated heterocycles. The zero-order valence-corrected chi connectivity index (χ0v) is 8.46. The van der Waals surface area contributed by atoms with Crippen LogP contribution in [0.5, 0.6) is 0 Å². The lowest BCUT2D eigenvalue weighted by molar-refractivity contribution is 0.159. The van der Waals surface area contributed by atoms with E-state index in [1.54, 1.807) is 18.3 Å². The largest absolute Gasteiger partial charge is 0.387 e. The number of halogens is 1. The van der Waals surface area contributed by atoms with E-state index in [0.717, 1.165) is 19.3 Å². The third-order valence-electron chi connectivity index (χ3n) is 1.92. The molecule has 0 spiro atoms. The number of hydrogen-bond acceptors (Lipinski definition) is 2. The highest BCUT2D eigenvalue weighted by Gasteiger charge is 2.07. The Morgan fingerprint density at radius 2 is 2.31 bits per heavy atom. The summed E-state index contributed by atoms with van der Waals surface area (Å²) in [4.78, 5) is 4.05. The highest BCUT2D eigenvalue weighted by Crippen LogP contribution is 2.18. The van der Waals surface area contributed by atoms with Gasteiger partial charge in [-0.3, -0.25) is 4.98 Å². The second-order valence-corrected chi connectivity index (χ2v) is 3.50. The van der Waals surface area contributed by atoms with Crippen LogP contribution in [0.15, 0.2) is 18.3 Å². The summed E-state index contributed by atoms with van der Waals surface area (Å²) < 4.78 is 0. The van der Waals surface area contributed by atoms with Crippen LogP contribution in [0.4, 0.5) is 0 Å². The molecule has 0 bridgehead atoms. The summed E-state index contributed by atoms with van der Waals surface area (Å²) in [5.74, 6) is 0. The molecule has 1 rings (SSSR count). The van der Waals surface area contributed by atoms with Gasteiger partial charge in [-0.2, -0.15) is 0 Å². The molecule has 2 nitrogen and oxygen atoms in total. The Kier molecular flexibility index (Phi) is 4.19. The van der Waals surface area contributed by atoms with Crippen molar-refractivity contribution >= 4 is 11.6 Å². The third-order valence-corrected chi connectivity index (χ3v) is 2.15. The molecule has 0 saturated carbocycles. The van der Waals surface area contributed by atoms with Gasteiger partial charge in [-0.1, -0.05) is 31.4 Å². The van der Waals surface area contributed by atoms with E-state index in [-0.39, 0.29) is 0 Å². The maximum atomic E-state index is 9.64. The highest BCUT2D eigenvalue weighted by atomic mass is 35.5. The molecule has 1 unspecified atom stereocenters. The van der Waals surface area contributed by atoms with E-state index in [1.807, 2.05) is 0 Å². The van der Waals surface area contributed by atoms with Gasteiger partial charge in [-0.25, -0.2) is 0 Å². The van der Waals surface area contributed by atoms with Gasteiger partial charge in [0.1, 0.15) is 0 Å². The highest BCUT2D eigenvalue weighted by molar-refractivity contribution is 6.30. The summed E-state index contributed by atoms with van der Waals surface area (Å²) in [6, 6.07) is 3.52. The topological polar surface area (TPSA) is 33.1 Å². The first-order chi connectivity index (χ1) is 6.24. The zero-order chi connectivity index (χ0) is 9.68. The number of rotatable bonds is 4. The fourth-order valence-electron chi connectivity index (χ4n) is 1.13. The van der Waals surface area contributed by atoms with E-state index in [0.29, 0.717) is 10.7 Å². The Bertz CT molecular complexity index is 248. The van der Waals surface area contributed by atoms with Crippen LogP contribution in [-0.2, 0) is 0 Å². The van der Waals surface area contributed by atoms with E-state index >= 15 is 0 Å². The number of unbranched alkanes of at least 4 members (excludes halogenated alkanes) is 1. The molecule has 0 aromatic carbocycles. The van der Waals surface area contributed by atoms with Gasteiger partial charge in [0.05, 0.1) is 16.8 Å². The first-order valence-electron chi connectivity index (χ1n) is 4.53. The van der Waals surface area contributed by atoms with Crippen LogP contribution >= 0.6 is 11.6 Å². The lowest BCUT2D eigenvalue weighted by Crippen LogP contribution is -1.99. The predicted molar refractivity (Wildman–Crippen MR) is 53.7 cm³/mol. The summed E-state index contributed by atoms with van der Waals surface area (Å²) in [5.41, 5.74) is 0.706. The third kappa shape index (κ3) is 3.33. The Morgan fingerprint density at radius 3 is 2.85 bits per heavy atom. The van der Waals surface area contributed by atoms with E-state index in [1.165, 1.54) is 0 Å². The summed E-state index contributed by atoms with van der Waals surface area (Å²) in [6.45, 7) is 2.10. The van der Waals surface area contributed by atoms with E-state index in [4.69, 9.17) is 11.6 Å². The first-order valence-corrected chi connectivity index (χ1v) is 4.91. The second kappa shape index (κ2) is 5.20. The van der Waals surface area contributed by atoms with Crippen LogP contribution in [0.25, 0.3) is 0 Å². The van der Waals surface area contributed by atoms with E-state index < -0.39 is 6.10 Å². The van der Waals surface area contributed by atoms with Crippen molar-refractivity contribution in [2.24, 2.45) is 0 Å². The zero-order valence-electron chi connectivity index (χ0n) is 7.70. The van der Waals surface area contributed by atoms with Crippen molar-refractivity contribution in [1.82, 2.24) is 4.98 Å². The van der Waals surface area contributed by atoms with Crippen molar-refractivity contribution in [2.45, 2.75) is 32.3 Å². The van der Waals surface area contributed by atoms with Crippen LogP contribution in [0.1, 0.15) is 38.0 Å². The van der Waals surface area contributed by atoms with Crippen LogP contribution in [-0.4, -0.2) is 10.1 Å². The van der Waals surface area contributed by atoms with Crippen molar-refractivity contribution in [3.8, 4) is 0 Å². The monoisotopic (exact) mass is 199 g/mol. The molecule has 0 radical (unpaired) electrons. The number of pyridine rings is 1. The van der Waals surface area contributed by atoms with Gasteiger partial charge >= 0.3 is 0 Å². The normalized spacial score (nSPS) is 12.8. The molecule has 0 amide bonds. The second-order valence-electron chi connectivity index (χ2n) is 3.06. The standard InChI is InChI=1S/C10H14ClNO/c1-2-3-4-10(13)9-6-5-8(11)7-12-9/h5-7,10,13H,2-4H2,1H3. The number of aliphatic hydroxyl groups is 1. The molecule has 0 aliphatic rings. The van der Waals surface area contributed by atoms with Crippen molar-refractivity contribution in [3.05, 3.63) is 29.0 Å². The van der Waals surface area contributed by atoms with Gasteiger partial charge in [0, 0.05) is 6.20 Å². The molecule has 3 heteroatoms. The van der Waals surface area contributed by atoms with Gasteiger partial charge in [0.25, 0.3) is 0 Å². The minimum absolute atomic E-state index is 0.447. The van der Waals surface area contributed by atoms with Crippen LogP contribution in [0, 0.1) is 0 Å². The van der Waals surface area contributed by atoms with Crippen molar-refractivity contribution < 1.29 is 5.11 Å². The lowest BCUT2D eigenvalue weighted by Gasteiger charge is -2.08. The van der Waals surface area contributed by atoms with Gasteiger partial charge in [-0.15, -0.1) is 0 Å². The molecule has 0 aliphatic carbocycles. The number of nitrogens with zero attached hydrogens (tertiary/aromatic N) is 1. The maximum absolute atomic E-state index is 9.64. The molecule has 13 heavy (non-hydrogen) atoms. The number of aliphatic hydroxyl groups excluding tert-OH is 1. The quantitative estimate of drug-likeness (QED) is 0.809. The van der Waals surface area contributed by atoms with Crippen molar-refractivity contribution in [2.75, 3.05) is 0 Å². The van der Waals surface area contributed by atoms with E-state index in [2.05, 4.69) is 11.9 Å². The van der Waals surface area contributed by atoms with Crippen LogP contribution in [0.3, 0.4) is 0 Å². The smallest absolute Gasteiger partial charge is 0.0959 e. The Labute approximate surface area is 83.6 Å². The predicted octanol–water partition coefficient (Wildman–Crippen LogP) is 2.96. The van der Waals surface area contributed by atoms with Gasteiger partial charge in [-0.05, 0) is 18.6 Å². The summed E-state index contributed by atoms with van der Waals surface area (Å²) in [7, 11) is 0. The van der Waals surface area contributed by atoms with Crippen LogP contribution in [0.2, 0.25) is 5.02 Å². The SMILES string of the molecule is CCCCC(O)c1ccc(Cl)cn1. The van der Waals surface area contributed by atoms with Gasteiger partial charge in [0.15, 0.2) is 0 Å². The first kappa shape index (κ1) is 10.5.